The van der Waals surface area contributed by atoms with E-state index in [1.807, 2.05) is 67.5 Å². The zero-order chi connectivity index (χ0) is 25.9. The lowest BCUT2D eigenvalue weighted by Crippen LogP contribution is -2.44. The molecule has 7 heteroatoms. The first-order valence-corrected chi connectivity index (χ1v) is 13.9. The molecule has 0 aliphatic heterocycles. The molecule has 1 amide bonds. The molecule has 2 aromatic carbocycles. The Labute approximate surface area is 227 Å². The summed E-state index contributed by atoms with van der Waals surface area (Å²) in [7, 11) is 3.69. The van der Waals surface area contributed by atoms with Crippen molar-refractivity contribution in [1.82, 2.24) is 15.2 Å². The van der Waals surface area contributed by atoms with Gasteiger partial charge in [0.15, 0.2) is 0 Å². The van der Waals surface area contributed by atoms with Crippen molar-refractivity contribution in [3.8, 4) is 16.9 Å². The van der Waals surface area contributed by atoms with Gasteiger partial charge in [0.05, 0.1) is 12.1 Å². The van der Waals surface area contributed by atoms with Gasteiger partial charge in [-0.15, -0.1) is 11.3 Å². The number of rotatable bonds is 7. The van der Waals surface area contributed by atoms with Crippen molar-refractivity contribution in [3.05, 3.63) is 82.0 Å². The summed E-state index contributed by atoms with van der Waals surface area (Å²) in [6.07, 6.45) is 5.86. The molecular formula is C30H32ClN3O2S. The van der Waals surface area contributed by atoms with Crippen LogP contribution in [0.4, 0.5) is 0 Å². The van der Waals surface area contributed by atoms with Crippen molar-refractivity contribution in [1.29, 1.82) is 0 Å². The summed E-state index contributed by atoms with van der Waals surface area (Å²) in [6.45, 7) is 2.43. The highest BCUT2D eigenvalue weighted by atomic mass is 35.5. The molecule has 1 saturated carbocycles. The Morgan fingerprint density at radius 3 is 2.54 bits per heavy atom. The summed E-state index contributed by atoms with van der Waals surface area (Å²) in [6, 6.07) is 18.8. The number of hydrogen-bond donors (Lipinski definition) is 1. The number of aromatic nitrogens is 1. The van der Waals surface area contributed by atoms with Gasteiger partial charge in [0.1, 0.15) is 10.6 Å². The van der Waals surface area contributed by atoms with E-state index in [1.165, 1.54) is 11.3 Å². The van der Waals surface area contributed by atoms with Crippen LogP contribution in [0.5, 0.6) is 5.75 Å². The summed E-state index contributed by atoms with van der Waals surface area (Å²) in [4.78, 5) is 21.3. The molecule has 2 heterocycles. The molecule has 0 bridgehead atoms. The van der Waals surface area contributed by atoms with Crippen LogP contribution in [0.2, 0.25) is 5.02 Å². The van der Waals surface area contributed by atoms with Crippen molar-refractivity contribution in [2.75, 3.05) is 14.2 Å². The average Bonchev–Trinajstić information content (AvgIpc) is 3.28. The molecular weight excluding hydrogens is 502 g/mol. The number of pyridine rings is 1. The number of aryl methyl sites for hydroxylation is 1. The Morgan fingerprint density at radius 2 is 1.86 bits per heavy atom. The number of carbonyl (C=O) groups excluding carboxylic acids is 1. The third kappa shape index (κ3) is 5.37. The molecule has 0 saturated heterocycles. The molecule has 5 rings (SSSR count). The molecule has 5 nitrogen and oxygen atoms in total. The predicted molar refractivity (Wildman–Crippen MR) is 153 cm³/mol. The minimum Gasteiger partial charge on any atom is -0.496 e. The van der Waals surface area contributed by atoms with Crippen LogP contribution in [0.15, 0.2) is 60.8 Å². The normalized spacial score (nSPS) is 17.6. The fraction of sp³-hybridized carbons (Fsp3) is 0.333. The summed E-state index contributed by atoms with van der Waals surface area (Å²) < 4.78 is 6.78. The number of carbonyl (C=O) groups is 1. The maximum atomic E-state index is 14.2. The Balaban J connectivity index is 1.52. The minimum atomic E-state index is -0.0106. The van der Waals surface area contributed by atoms with Crippen LogP contribution in [0.3, 0.4) is 0 Å². The second-order valence-electron chi connectivity index (χ2n) is 9.68. The van der Waals surface area contributed by atoms with Gasteiger partial charge < -0.3 is 15.0 Å². The van der Waals surface area contributed by atoms with Gasteiger partial charge in [0.2, 0.25) is 0 Å². The van der Waals surface area contributed by atoms with Crippen LogP contribution >= 0.6 is 22.9 Å². The monoisotopic (exact) mass is 533 g/mol. The van der Waals surface area contributed by atoms with E-state index in [-0.39, 0.29) is 11.9 Å². The number of halogens is 1. The first-order chi connectivity index (χ1) is 18.0. The van der Waals surface area contributed by atoms with E-state index in [0.29, 0.717) is 22.5 Å². The maximum Gasteiger partial charge on any atom is 0.266 e. The molecule has 1 aliphatic rings. The number of amides is 1. The number of hydrogen-bond acceptors (Lipinski definition) is 5. The predicted octanol–water partition coefficient (Wildman–Crippen LogP) is 7.11. The van der Waals surface area contributed by atoms with Crippen LogP contribution in [-0.2, 0) is 6.54 Å². The quantitative estimate of drug-likeness (QED) is 0.275. The third-order valence-electron chi connectivity index (χ3n) is 7.40. The van der Waals surface area contributed by atoms with E-state index in [2.05, 4.69) is 22.4 Å². The lowest BCUT2D eigenvalue weighted by Gasteiger charge is -2.37. The highest BCUT2D eigenvalue weighted by Gasteiger charge is 2.32. The number of thiophene rings is 1. The van der Waals surface area contributed by atoms with Gasteiger partial charge in [-0.1, -0.05) is 41.9 Å². The standard InChI is InChI=1S/C30H32ClN3O2S/c1-19-8-9-21(17-33-19)20-10-15-26(36-3)22(16-20)18-34(24-13-11-23(32-2)12-14-24)30(35)29-28(31)25-6-4-5-7-27(25)37-29/h4-10,15-17,23-24,32H,11-14,18H2,1-3H3/t23-,24+. The van der Waals surface area contributed by atoms with Crippen molar-refractivity contribution in [2.45, 2.75) is 51.2 Å². The fourth-order valence-electron chi connectivity index (χ4n) is 5.23. The number of ether oxygens (including phenoxy) is 1. The molecule has 1 N–H and O–H groups in total. The molecule has 0 spiro atoms. The molecule has 0 atom stereocenters. The molecule has 37 heavy (non-hydrogen) atoms. The lowest BCUT2D eigenvalue weighted by molar-refractivity contribution is 0.0604. The Bertz CT molecular complexity index is 1390. The van der Waals surface area contributed by atoms with Crippen LogP contribution < -0.4 is 10.1 Å². The van der Waals surface area contributed by atoms with E-state index in [0.717, 1.165) is 63.9 Å². The molecule has 192 valence electrons. The maximum absolute atomic E-state index is 14.2. The highest BCUT2D eigenvalue weighted by molar-refractivity contribution is 7.21. The molecule has 0 unspecified atom stereocenters. The third-order valence-corrected chi connectivity index (χ3v) is 9.06. The number of fused-ring (bicyclic) bond motifs is 1. The second-order valence-corrected chi connectivity index (χ2v) is 11.1. The smallest absolute Gasteiger partial charge is 0.266 e. The van der Waals surface area contributed by atoms with Gasteiger partial charge >= 0.3 is 0 Å². The first kappa shape index (κ1) is 25.7. The summed E-state index contributed by atoms with van der Waals surface area (Å²) >= 11 is 8.26. The van der Waals surface area contributed by atoms with Gasteiger partial charge in [-0.25, -0.2) is 0 Å². The number of nitrogens with zero attached hydrogens (tertiary/aromatic N) is 2. The van der Waals surface area contributed by atoms with E-state index < -0.39 is 0 Å². The molecule has 4 aromatic rings. The largest absolute Gasteiger partial charge is 0.496 e. The minimum absolute atomic E-state index is 0.0106. The van der Waals surface area contributed by atoms with Crippen molar-refractivity contribution < 1.29 is 9.53 Å². The molecule has 1 aliphatic carbocycles. The fourth-order valence-corrected chi connectivity index (χ4v) is 6.70. The van der Waals surface area contributed by atoms with Gasteiger partial charge in [-0.3, -0.25) is 9.78 Å². The van der Waals surface area contributed by atoms with E-state index in [1.54, 1.807) is 7.11 Å². The van der Waals surface area contributed by atoms with Gasteiger partial charge in [-0.2, -0.15) is 0 Å². The van der Waals surface area contributed by atoms with Gasteiger partial charge in [0, 0.05) is 51.7 Å². The molecule has 1 fully saturated rings. The van der Waals surface area contributed by atoms with Crippen LogP contribution in [0, 0.1) is 6.92 Å². The molecule has 2 aromatic heterocycles. The van der Waals surface area contributed by atoms with Crippen LogP contribution in [-0.4, -0.2) is 42.0 Å². The van der Waals surface area contributed by atoms with Gasteiger partial charge in [-0.05, 0) is 69.5 Å². The zero-order valence-corrected chi connectivity index (χ0v) is 23.0. The summed E-state index contributed by atoms with van der Waals surface area (Å²) in [5, 5.41) is 4.88. The van der Waals surface area contributed by atoms with Crippen LogP contribution in [0.25, 0.3) is 21.2 Å². The Kier molecular flexibility index (Phi) is 7.79. The highest BCUT2D eigenvalue weighted by Crippen LogP contribution is 2.38. The van der Waals surface area contributed by atoms with Crippen molar-refractivity contribution in [2.24, 2.45) is 0 Å². The number of methoxy groups -OCH3 is 1. The van der Waals surface area contributed by atoms with E-state index in [9.17, 15) is 4.79 Å². The molecule has 0 radical (unpaired) electrons. The summed E-state index contributed by atoms with van der Waals surface area (Å²) in [5.41, 5.74) is 4.04. The van der Waals surface area contributed by atoms with Crippen molar-refractivity contribution in [3.63, 3.8) is 0 Å². The van der Waals surface area contributed by atoms with Crippen LogP contribution in [0.1, 0.15) is 46.6 Å². The van der Waals surface area contributed by atoms with E-state index >= 15 is 0 Å². The Morgan fingerprint density at radius 1 is 1.11 bits per heavy atom. The Hall–Kier alpha value is -2.93. The number of nitrogens with one attached hydrogen (secondary N) is 1. The second kappa shape index (κ2) is 11.2. The SMILES string of the molecule is CN[C@H]1CC[C@@H](N(Cc2cc(-c3ccc(C)nc3)ccc2OC)C(=O)c2sc3ccccc3c2Cl)CC1. The average molecular weight is 534 g/mol. The lowest BCUT2D eigenvalue weighted by atomic mass is 9.89. The van der Waals surface area contributed by atoms with E-state index in [4.69, 9.17) is 16.3 Å². The topological polar surface area (TPSA) is 54.5 Å². The van der Waals surface area contributed by atoms with Crippen molar-refractivity contribution >= 4 is 38.9 Å². The first-order valence-electron chi connectivity index (χ1n) is 12.7. The van der Waals surface area contributed by atoms with Gasteiger partial charge in [0.25, 0.3) is 5.91 Å². The number of benzene rings is 2. The zero-order valence-electron chi connectivity index (χ0n) is 21.5. The summed E-state index contributed by atoms with van der Waals surface area (Å²) in [5.74, 6) is 0.761.